The van der Waals surface area contributed by atoms with Gasteiger partial charge in [-0.2, -0.15) is 5.10 Å². The van der Waals surface area contributed by atoms with Gasteiger partial charge in [0.15, 0.2) is 6.29 Å². The molecule has 0 saturated carbocycles. The summed E-state index contributed by atoms with van der Waals surface area (Å²) < 4.78 is 2.37. The number of nitrogens with zero attached hydrogens (tertiary/aromatic N) is 2. The molecule has 0 atom stereocenters. The number of hydrogen-bond donors (Lipinski definition) is 0. The van der Waals surface area contributed by atoms with Gasteiger partial charge in [-0.05, 0) is 28.1 Å². The van der Waals surface area contributed by atoms with Crippen molar-refractivity contribution < 1.29 is 4.79 Å². The molecule has 2 rings (SSSR count). The van der Waals surface area contributed by atoms with Gasteiger partial charge in [-0.25, -0.2) is 4.68 Å². The maximum atomic E-state index is 10.6. The maximum absolute atomic E-state index is 10.6. The average Bonchev–Trinajstić information content (AvgIpc) is 2.61. The standard InChI is InChI=1S/C10H7BrN2O/c11-9-6-13(12-10(9)7-14)8-4-2-1-3-5-8/h1-7H. The molecule has 2 aromatic rings. The van der Waals surface area contributed by atoms with E-state index in [-0.39, 0.29) is 0 Å². The minimum absolute atomic E-state index is 0.411. The molecule has 1 heterocycles. The fourth-order valence-corrected chi connectivity index (χ4v) is 1.53. The predicted octanol–water partition coefficient (Wildman–Crippen LogP) is 2.45. The van der Waals surface area contributed by atoms with Crippen LogP contribution in [0, 0.1) is 0 Å². The Kier molecular flexibility index (Phi) is 2.45. The van der Waals surface area contributed by atoms with Crippen molar-refractivity contribution in [2.75, 3.05) is 0 Å². The Bertz CT molecular complexity index is 450. The van der Waals surface area contributed by atoms with E-state index in [0.29, 0.717) is 10.2 Å². The average molecular weight is 251 g/mol. The molecular weight excluding hydrogens is 244 g/mol. The second-order valence-electron chi connectivity index (χ2n) is 2.76. The van der Waals surface area contributed by atoms with Crippen molar-refractivity contribution in [1.29, 1.82) is 0 Å². The number of benzene rings is 1. The van der Waals surface area contributed by atoms with Crippen molar-refractivity contribution in [3.05, 3.63) is 46.7 Å². The van der Waals surface area contributed by atoms with Crippen LogP contribution in [0.3, 0.4) is 0 Å². The molecule has 3 nitrogen and oxygen atoms in total. The van der Waals surface area contributed by atoms with E-state index in [1.54, 1.807) is 10.9 Å². The molecule has 0 saturated heterocycles. The van der Waals surface area contributed by atoms with Crippen molar-refractivity contribution >= 4 is 22.2 Å². The van der Waals surface area contributed by atoms with Crippen molar-refractivity contribution in [2.24, 2.45) is 0 Å². The summed E-state index contributed by atoms with van der Waals surface area (Å²) in [7, 11) is 0. The Labute approximate surface area is 89.5 Å². The lowest BCUT2D eigenvalue weighted by Crippen LogP contribution is -1.94. The Hall–Kier alpha value is -1.42. The molecule has 0 aliphatic heterocycles. The molecule has 0 N–H and O–H groups in total. The second kappa shape index (κ2) is 3.75. The summed E-state index contributed by atoms with van der Waals surface area (Å²) in [5, 5.41) is 4.10. The van der Waals surface area contributed by atoms with Crippen LogP contribution in [-0.2, 0) is 0 Å². The highest BCUT2D eigenvalue weighted by Gasteiger charge is 2.05. The van der Waals surface area contributed by atoms with Gasteiger partial charge in [-0.15, -0.1) is 0 Å². The summed E-state index contributed by atoms with van der Waals surface area (Å²) in [5.74, 6) is 0. The zero-order valence-electron chi connectivity index (χ0n) is 7.22. The molecule has 70 valence electrons. The highest BCUT2D eigenvalue weighted by Crippen LogP contribution is 2.16. The zero-order valence-corrected chi connectivity index (χ0v) is 8.81. The normalized spacial score (nSPS) is 10.1. The minimum atomic E-state index is 0.411. The lowest BCUT2D eigenvalue weighted by Gasteiger charge is -1.98. The minimum Gasteiger partial charge on any atom is -0.296 e. The van der Waals surface area contributed by atoms with Crippen LogP contribution in [-0.4, -0.2) is 16.1 Å². The molecular formula is C10H7BrN2O. The summed E-state index contributed by atoms with van der Waals surface area (Å²) in [6.45, 7) is 0. The number of halogens is 1. The number of aldehydes is 1. The predicted molar refractivity (Wildman–Crippen MR) is 56.7 cm³/mol. The maximum Gasteiger partial charge on any atom is 0.171 e. The van der Waals surface area contributed by atoms with Gasteiger partial charge in [0.1, 0.15) is 5.69 Å². The molecule has 0 fully saturated rings. The van der Waals surface area contributed by atoms with Gasteiger partial charge in [0, 0.05) is 6.20 Å². The van der Waals surface area contributed by atoms with E-state index in [1.807, 2.05) is 30.3 Å². The van der Waals surface area contributed by atoms with Crippen LogP contribution in [0.4, 0.5) is 0 Å². The molecule has 1 aromatic heterocycles. The van der Waals surface area contributed by atoms with E-state index in [9.17, 15) is 4.79 Å². The summed E-state index contributed by atoms with van der Waals surface area (Å²) in [5.41, 5.74) is 1.34. The smallest absolute Gasteiger partial charge is 0.171 e. The van der Waals surface area contributed by atoms with Crippen molar-refractivity contribution in [3.63, 3.8) is 0 Å². The monoisotopic (exact) mass is 250 g/mol. The first-order chi connectivity index (χ1) is 6.81. The van der Waals surface area contributed by atoms with Crippen LogP contribution >= 0.6 is 15.9 Å². The number of carbonyl (C=O) groups is 1. The molecule has 0 radical (unpaired) electrons. The Morgan fingerprint density at radius 3 is 2.57 bits per heavy atom. The van der Waals surface area contributed by atoms with Crippen LogP contribution in [0.2, 0.25) is 0 Å². The fourth-order valence-electron chi connectivity index (χ4n) is 1.16. The van der Waals surface area contributed by atoms with Gasteiger partial charge in [-0.3, -0.25) is 4.79 Å². The first-order valence-corrected chi connectivity index (χ1v) is 4.86. The van der Waals surface area contributed by atoms with Crippen LogP contribution in [0.5, 0.6) is 0 Å². The number of carbonyl (C=O) groups excluding carboxylic acids is 1. The third-order valence-corrected chi connectivity index (χ3v) is 2.44. The molecule has 0 spiro atoms. The van der Waals surface area contributed by atoms with Gasteiger partial charge in [-0.1, -0.05) is 18.2 Å². The number of rotatable bonds is 2. The topological polar surface area (TPSA) is 34.9 Å². The third kappa shape index (κ3) is 1.61. The largest absolute Gasteiger partial charge is 0.296 e. The fraction of sp³-hybridized carbons (Fsp3) is 0. The molecule has 0 amide bonds. The van der Waals surface area contributed by atoms with E-state index in [1.165, 1.54) is 0 Å². The van der Waals surface area contributed by atoms with E-state index >= 15 is 0 Å². The molecule has 4 heteroatoms. The molecule has 0 aliphatic rings. The van der Waals surface area contributed by atoms with Crippen LogP contribution in [0.15, 0.2) is 41.0 Å². The number of hydrogen-bond acceptors (Lipinski definition) is 2. The summed E-state index contributed by atoms with van der Waals surface area (Å²) in [4.78, 5) is 10.6. The number of aromatic nitrogens is 2. The van der Waals surface area contributed by atoms with Crippen molar-refractivity contribution in [2.45, 2.75) is 0 Å². The van der Waals surface area contributed by atoms with E-state index < -0.39 is 0 Å². The van der Waals surface area contributed by atoms with Gasteiger partial charge < -0.3 is 0 Å². The Morgan fingerprint density at radius 2 is 2.00 bits per heavy atom. The lowest BCUT2D eigenvalue weighted by molar-refractivity contribution is 0.111. The van der Waals surface area contributed by atoms with Crippen LogP contribution in [0.1, 0.15) is 10.5 Å². The molecule has 0 aliphatic carbocycles. The third-order valence-electron chi connectivity index (χ3n) is 1.83. The highest BCUT2D eigenvalue weighted by molar-refractivity contribution is 9.10. The van der Waals surface area contributed by atoms with Gasteiger partial charge in [0.2, 0.25) is 0 Å². The van der Waals surface area contributed by atoms with Gasteiger partial charge in [0.25, 0.3) is 0 Å². The highest BCUT2D eigenvalue weighted by atomic mass is 79.9. The molecule has 0 unspecified atom stereocenters. The van der Waals surface area contributed by atoms with Gasteiger partial charge in [0.05, 0.1) is 10.2 Å². The number of para-hydroxylation sites is 1. The van der Waals surface area contributed by atoms with E-state index in [4.69, 9.17) is 0 Å². The second-order valence-corrected chi connectivity index (χ2v) is 3.61. The zero-order chi connectivity index (χ0) is 9.97. The Morgan fingerprint density at radius 1 is 1.29 bits per heavy atom. The van der Waals surface area contributed by atoms with Crippen LogP contribution < -0.4 is 0 Å². The quantitative estimate of drug-likeness (QED) is 0.768. The van der Waals surface area contributed by atoms with E-state index in [2.05, 4.69) is 21.0 Å². The first kappa shape index (κ1) is 9.15. The summed E-state index contributed by atoms with van der Waals surface area (Å²) in [6, 6.07) is 9.63. The van der Waals surface area contributed by atoms with Crippen molar-refractivity contribution in [3.8, 4) is 5.69 Å². The first-order valence-electron chi connectivity index (χ1n) is 4.07. The summed E-state index contributed by atoms with van der Waals surface area (Å²) >= 11 is 3.26. The summed E-state index contributed by atoms with van der Waals surface area (Å²) in [6.07, 6.45) is 2.49. The van der Waals surface area contributed by atoms with Gasteiger partial charge >= 0.3 is 0 Å². The molecule has 0 bridgehead atoms. The van der Waals surface area contributed by atoms with Crippen molar-refractivity contribution in [1.82, 2.24) is 9.78 Å². The molecule has 1 aromatic carbocycles. The Balaban J connectivity index is 2.48. The van der Waals surface area contributed by atoms with Crippen LogP contribution in [0.25, 0.3) is 5.69 Å². The SMILES string of the molecule is O=Cc1nn(-c2ccccc2)cc1Br. The molecule has 14 heavy (non-hydrogen) atoms. The van der Waals surface area contributed by atoms with E-state index in [0.717, 1.165) is 12.0 Å². The lowest BCUT2D eigenvalue weighted by atomic mass is 10.3.